The van der Waals surface area contributed by atoms with E-state index in [0.29, 0.717) is 23.7 Å². The third-order valence-electron chi connectivity index (χ3n) is 18.2. The second-order valence-corrected chi connectivity index (χ2v) is 33.4. The third kappa shape index (κ3) is 11.1. The summed E-state index contributed by atoms with van der Waals surface area (Å²) in [7, 11) is -5.71. The fourth-order valence-corrected chi connectivity index (χ4v) is 16.5. The van der Waals surface area contributed by atoms with Gasteiger partial charge in [0.05, 0.1) is 35.6 Å². The van der Waals surface area contributed by atoms with Crippen molar-refractivity contribution in [1.82, 2.24) is 5.32 Å². The van der Waals surface area contributed by atoms with Crippen LogP contribution in [-0.2, 0) is 51.7 Å². The van der Waals surface area contributed by atoms with Crippen LogP contribution in [0.4, 0.5) is 5.69 Å². The number of benzene rings is 3. The Labute approximate surface area is 465 Å². The van der Waals surface area contributed by atoms with E-state index in [0.717, 1.165) is 0 Å². The monoisotopic (exact) mass is 1120 g/mol. The molecule has 18 nitrogen and oxygen atoms in total. The van der Waals surface area contributed by atoms with Gasteiger partial charge in [-0.25, -0.2) is 9.59 Å². The Hall–Kier alpha value is -6.00. The highest BCUT2D eigenvalue weighted by Crippen LogP contribution is 2.65. The Morgan fingerprint density at radius 2 is 1.44 bits per heavy atom. The first-order chi connectivity index (χ1) is 37.0. The molecule has 11 atom stereocenters. The minimum atomic E-state index is -3.03. The molecule has 3 aliphatic carbocycles. The predicted octanol–water partition coefficient (Wildman–Crippen LogP) is 10.7. The maximum atomic E-state index is 16.6. The van der Waals surface area contributed by atoms with Crippen LogP contribution in [0, 0.1) is 16.7 Å². The Kier molecular flexibility index (Phi) is 17.6. The zero-order valence-corrected chi connectivity index (χ0v) is 50.0. The highest BCUT2D eigenvalue weighted by atomic mass is 28.4. The van der Waals surface area contributed by atoms with Gasteiger partial charge in [-0.05, 0) is 96.6 Å². The van der Waals surface area contributed by atoms with Gasteiger partial charge in [0, 0.05) is 48.3 Å². The number of nitrogens with one attached hydrogen (secondary N) is 1. The first-order valence-electron chi connectivity index (χ1n) is 27.3. The van der Waals surface area contributed by atoms with Crippen molar-refractivity contribution in [3.8, 4) is 0 Å². The number of carbonyl (C=O) groups excluding carboxylic acids is 6. The number of hydrogen-bond donors (Lipinski definition) is 2. The number of carbonyl (C=O) groups is 6. The summed E-state index contributed by atoms with van der Waals surface area (Å²) >= 11 is 0. The molecule has 3 fully saturated rings. The Bertz CT molecular complexity index is 2880. The van der Waals surface area contributed by atoms with Crippen LogP contribution in [0.5, 0.6) is 0 Å². The van der Waals surface area contributed by atoms with Gasteiger partial charge >= 0.3 is 23.9 Å². The minimum absolute atomic E-state index is 0.0683. The molecule has 79 heavy (non-hydrogen) atoms. The van der Waals surface area contributed by atoms with Crippen LogP contribution in [0.2, 0.25) is 36.3 Å². The fraction of sp³-hybridized carbons (Fsp3) is 0.559. The lowest BCUT2D eigenvalue weighted by atomic mass is 9.44. The molecule has 4 aliphatic rings. The van der Waals surface area contributed by atoms with Gasteiger partial charge in [-0.15, -0.1) is 0 Å². The number of azide groups is 1. The van der Waals surface area contributed by atoms with Crippen molar-refractivity contribution in [2.75, 3.05) is 6.61 Å². The molecule has 1 aliphatic heterocycles. The van der Waals surface area contributed by atoms with Gasteiger partial charge in [0.2, 0.25) is 0 Å². The van der Waals surface area contributed by atoms with Gasteiger partial charge < -0.3 is 43.0 Å². The van der Waals surface area contributed by atoms with Crippen molar-refractivity contribution in [3.63, 3.8) is 0 Å². The van der Waals surface area contributed by atoms with Crippen LogP contribution in [-0.4, -0.2) is 112 Å². The number of esters is 4. The van der Waals surface area contributed by atoms with Crippen LogP contribution in [0.3, 0.4) is 0 Å². The average molecular weight is 1120 g/mol. The van der Waals surface area contributed by atoms with Crippen molar-refractivity contribution in [3.05, 3.63) is 123 Å². The van der Waals surface area contributed by atoms with Crippen molar-refractivity contribution in [2.45, 2.75) is 186 Å². The molecule has 3 aromatic carbocycles. The number of rotatable bonds is 18. The molecular weight excluding hydrogens is 1040 g/mol. The molecule has 0 unspecified atom stereocenters. The van der Waals surface area contributed by atoms with Gasteiger partial charge in [0.25, 0.3) is 5.91 Å². The Morgan fingerprint density at radius 1 is 0.861 bits per heavy atom. The van der Waals surface area contributed by atoms with E-state index in [4.69, 9.17) is 32.5 Å². The summed E-state index contributed by atoms with van der Waals surface area (Å²) in [4.78, 5) is 91.8. The number of ether oxygens (including phenoxy) is 5. The number of amides is 1. The SMILES string of the molecule is CC[Si](CC)(CC)O[C@H]1C[C@H]2OC[C@@]2(OC(C)=O)[C@H]2[C@H](OC(=O)c3ccccc3)[C@]3(O)C[C@H](OC(=O)[C@H](O[Si](C)(C)C(C)(C)C)[C@@H](NC(=O)c4ccccc4)c4ccc(N=[N+]=[N-])cc4)C(C)=C([C@@H](OC(C)=O)C(=O)[C@]12C)C3(C)C. The van der Waals surface area contributed by atoms with Crippen LogP contribution >= 0.6 is 0 Å². The summed E-state index contributed by atoms with van der Waals surface area (Å²) in [6.07, 6.45) is -8.92. The molecule has 2 bridgehead atoms. The number of ketones is 1. The van der Waals surface area contributed by atoms with E-state index >= 15 is 9.59 Å². The Morgan fingerprint density at radius 3 is 1.95 bits per heavy atom. The van der Waals surface area contributed by atoms with Crippen molar-refractivity contribution >= 4 is 57.9 Å². The second kappa shape index (κ2) is 22.9. The van der Waals surface area contributed by atoms with Crippen molar-refractivity contribution in [1.29, 1.82) is 0 Å². The van der Waals surface area contributed by atoms with Crippen LogP contribution < -0.4 is 5.32 Å². The maximum absolute atomic E-state index is 16.6. The molecule has 0 aromatic heterocycles. The largest absolute Gasteiger partial charge is 0.456 e. The lowest BCUT2D eigenvalue weighted by Gasteiger charge is -2.68. The molecule has 1 heterocycles. The summed E-state index contributed by atoms with van der Waals surface area (Å²) in [5, 5.41) is 20.7. The van der Waals surface area contributed by atoms with E-state index in [1.54, 1.807) is 113 Å². The minimum Gasteiger partial charge on any atom is -0.456 e. The molecule has 20 heteroatoms. The first kappa shape index (κ1) is 60.6. The van der Waals surface area contributed by atoms with E-state index in [-0.39, 0.29) is 41.0 Å². The average Bonchev–Trinajstić information content (AvgIpc) is 3.60. The summed E-state index contributed by atoms with van der Waals surface area (Å²) in [6, 6.07) is 23.6. The lowest BCUT2D eigenvalue weighted by Crippen LogP contribution is -2.82. The quantitative estimate of drug-likeness (QED) is 0.0229. The van der Waals surface area contributed by atoms with Crippen LogP contribution in [0.1, 0.15) is 128 Å². The van der Waals surface area contributed by atoms with E-state index in [1.165, 1.54) is 13.8 Å². The van der Waals surface area contributed by atoms with E-state index in [1.807, 2.05) is 54.6 Å². The molecule has 1 amide bonds. The molecule has 7 rings (SSSR count). The molecule has 3 aromatic rings. The third-order valence-corrected chi connectivity index (χ3v) is 27.3. The summed E-state index contributed by atoms with van der Waals surface area (Å²) in [5.41, 5.74) is 3.05. The molecule has 0 spiro atoms. The number of nitrogens with zero attached hydrogens (tertiary/aromatic N) is 3. The number of Topliss-reactive ketones (excluding diaryl/α,β-unsaturated/α-hetero) is 1. The molecule has 426 valence electrons. The van der Waals surface area contributed by atoms with Crippen molar-refractivity contribution in [2.24, 2.45) is 21.9 Å². The topological polar surface area (TPSA) is 248 Å². The highest BCUT2D eigenvalue weighted by molar-refractivity contribution is 6.74. The smallest absolute Gasteiger partial charge is 0.338 e. The predicted molar refractivity (Wildman–Crippen MR) is 299 cm³/mol. The Balaban J connectivity index is 1.50. The fourth-order valence-electron chi connectivity index (χ4n) is 12.4. The van der Waals surface area contributed by atoms with Gasteiger partial charge in [-0.1, -0.05) is 121 Å². The summed E-state index contributed by atoms with van der Waals surface area (Å²) in [6.45, 7) is 24.8. The standard InChI is InChI=1S/C59H78N4O14Si2/c1-15-79(16-2,17-3)76-43-32-44-58(34-71-44,75-37(6)65)49-51(74-53(68)40-26-22-19-23-27-40)59(70)33-42(35(4)45(56(59,10)11)47(72-36(5)64)50(66)57(43,49)12)73-54(69)48(77-78(13,14)55(7,8)9)46(38-28-30-41(31-29-38)62-63-60)61-52(67)39-24-20-18-21-25-39/h18-31,42-44,46-49,51,70H,15-17,32-34H2,1-14H3,(H,61,67)/t42-,43-,44+,46-,47+,48+,49-,51-,57+,58-,59+/m0/s1. The number of aliphatic hydroxyl groups is 1. The summed E-state index contributed by atoms with van der Waals surface area (Å²) in [5.74, 6) is -6.05. The second-order valence-electron chi connectivity index (χ2n) is 23.9. The number of hydrogen-bond acceptors (Lipinski definition) is 15. The maximum Gasteiger partial charge on any atom is 0.338 e. The molecular formula is C59H78N4O14Si2. The van der Waals surface area contributed by atoms with E-state index < -0.39 is 134 Å². The van der Waals surface area contributed by atoms with Crippen LogP contribution in [0.15, 0.2) is 101 Å². The van der Waals surface area contributed by atoms with Crippen LogP contribution in [0.25, 0.3) is 10.4 Å². The lowest BCUT2D eigenvalue weighted by molar-refractivity contribution is -0.344. The zero-order chi connectivity index (χ0) is 58.3. The van der Waals surface area contributed by atoms with Crippen molar-refractivity contribution < 1.29 is 66.4 Å². The summed E-state index contributed by atoms with van der Waals surface area (Å²) < 4.78 is 47.0. The van der Waals surface area contributed by atoms with Gasteiger partial charge in [-0.2, -0.15) is 0 Å². The van der Waals surface area contributed by atoms with E-state index in [9.17, 15) is 29.8 Å². The normalized spacial score (nSPS) is 28.1. The molecule has 1 saturated heterocycles. The van der Waals surface area contributed by atoms with Gasteiger partial charge in [0.15, 0.2) is 40.2 Å². The number of fused-ring (bicyclic) bond motifs is 5. The molecule has 2 saturated carbocycles. The zero-order valence-electron chi connectivity index (χ0n) is 48.0. The molecule has 2 N–H and O–H groups in total. The highest BCUT2D eigenvalue weighted by Gasteiger charge is 2.79. The first-order valence-corrected chi connectivity index (χ1v) is 32.7. The molecule has 0 radical (unpaired) electrons. The van der Waals surface area contributed by atoms with E-state index in [2.05, 4.69) is 15.3 Å². The van der Waals surface area contributed by atoms with Gasteiger partial charge in [-0.3, -0.25) is 19.2 Å². The van der Waals surface area contributed by atoms with Gasteiger partial charge in [0.1, 0.15) is 23.9 Å².